The number of benzene rings is 1. The van der Waals surface area contributed by atoms with Crippen LogP contribution in [-0.4, -0.2) is 29.9 Å². The Kier molecular flexibility index (Phi) is 5.67. The van der Waals surface area contributed by atoms with Crippen LogP contribution in [0.4, 0.5) is 0 Å². The van der Waals surface area contributed by atoms with Crippen molar-refractivity contribution in [3.63, 3.8) is 0 Å². The second kappa shape index (κ2) is 7.49. The van der Waals surface area contributed by atoms with E-state index in [9.17, 15) is 4.79 Å². The smallest absolute Gasteiger partial charge is 0.254 e. The van der Waals surface area contributed by atoms with E-state index in [0.29, 0.717) is 28.7 Å². The van der Waals surface area contributed by atoms with E-state index < -0.39 is 0 Å². The summed E-state index contributed by atoms with van der Waals surface area (Å²) in [6, 6.07) is 5.67. The van der Waals surface area contributed by atoms with Crippen molar-refractivity contribution in [2.75, 3.05) is 13.1 Å². The molecule has 3 nitrogen and oxygen atoms in total. The molecule has 112 valence electrons. The normalized spacial score (nSPS) is 14.6. The first-order chi connectivity index (χ1) is 10.2. The van der Waals surface area contributed by atoms with Gasteiger partial charge in [0.05, 0.1) is 11.6 Å². The van der Waals surface area contributed by atoms with Gasteiger partial charge in [-0.1, -0.05) is 36.3 Å². The van der Waals surface area contributed by atoms with Crippen LogP contribution in [0.5, 0.6) is 0 Å². The Morgan fingerprint density at radius 2 is 2.14 bits per heavy atom. The van der Waals surface area contributed by atoms with E-state index in [1.807, 2.05) is 11.8 Å². The molecule has 0 bridgehead atoms. The fraction of sp³-hybridized carbons (Fsp3) is 0.471. The van der Waals surface area contributed by atoms with E-state index in [0.717, 1.165) is 19.4 Å². The Morgan fingerprint density at radius 1 is 1.43 bits per heavy atom. The summed E-state index contributed by atoms with van der Waals surface area (Å²) in [7, 11) is 0. The first-order valence-electron chi connectivity index (χ1n) is 7.46. The molecule has 0 aliphatic heterocycles. The highest BCUT2D eigenvalue weighted by Crippen LogP contribution is 2.26. The predicted octanol–water partition coefficient (Wildman–Crippen LogP) is 3.05. The molecular formula is C17H21ClN2O. The molecule has 1 aliphatic rings. The number of amides is 1. The van der Waals surface area contributed by atoms with Gasteiger partial charge in [-0.2, -0.15) is 0 Å². The molecule has 0 unspecified atom stereocenters. The van der Waals surface area contributed by atoms with Crippen LogP contribution in [0.25, 0.3) is 0 Å². The molecule has 1 aromatic rings. The van der Waals surface area contributed by atoms with Gasteiger partial charge in [0, 0.05) is 23.7 Å². The van der Waals surface area contributed by atoms with Crippen molar-refractivity contribution in [1.82, 2.24) is 4.90 Å². The summed E-state index contributed by atoms with van der Waals surface area (Å²) >= 11 is 6.20. The van der Waals surface area contributed by atoms with Gasteiger partial charge in [0.2, 0.25) is 0 Å². The second-order valence-electron chi connectivity index (χ2n) is 5.23. The number of rotatable bonds is 3. The second-order valence-corrected chi connectivity index (χ2v) is 5.64. The topological polar surface area (TPSA) is 46.3 Å². The Hall–Kier alpha value is -1.50. The molecule has 1 fully saturated rings. The fourth-order valence-corrected chi connectivity index (χ4v) is 3.07. The summed E-state index contributed by atoms with van der Waals surface area (Å²) in [6.45, 7) is 3.05. The fourth-order valence-electron chi connectivity index (χ4n) is 2.85. The third-order valence-corrected chi connectivity index (χ3v) is 4.22. The van der Waals surface area contributed by atoms with Crippen molar-refractivity contribution < 1.29 is 4.79 Å². The lowest BCUT2D eigenvalue weighted by molar-refractivity contribution is 0.0693. The van der Waals surface area contributed by atoms with Crippen molar-refractivity contribution in [3.8, 4) is 11.8 Å². The third-order valence-electron chi connectivity index (χ3n) is 3.91. The van der Waals surface area contributed by atoms with E-state index in [1.165, 1.54) is 12.8 Å². The molecule has 0 spiro atoms. The van der Waals surface area contributed by atoms with Crippen molar-refractivity contribution in [3.05, 3.63) is 34.3 Å². The molecule has 2 N–H and O–H groups in total. The number of nitrogens with two attached hydrogens (primary N) is 1. The molecule has 1 aromatic carbocycles. The molecule has 1 saturated carbocycles. The monoisotopic (exact) mass is 304 g/mol. The average molecular weight is 305 g/mol. The van der Waals surface area contributed by atoms with Crippen molar-refractivity contribution in [2.24, 2.45) is 5.73 Å². The highest BCUT2D eigenvalue weighted by atomic mass is 35.5. The molecule has 1 aliphatic carbocycles. The van der Waals surface area contributed by atoms with Crippen LogP contribution in [0.3, 0.4) is 0 Å². The minimum Gasteiger partial charge on any atom is -0.336 e. The lowest BCUT2D eigenvalue weighted by atomic mass is 10.1. The zero-order valence-corrected chi connectivity index (χ0v) is 13.1. The van der Waals surface area contributed by atoms with Crippen molar-refractivity contribution in [1.29, 1.82) is 0 Å². The maximum Gasteiger partial charge on any atom is 0.254 e. The van der Waals surface area contributed by atoms with E-state index in [1.54, 1.807) is 18.2 Å². The number of hydrogen-bond acceptors (Lipinski definition) is 2. The molecular weight excluding hydrogens is 284 g/mol. The molecule has 0 heterocycles. The van der Waals surface area contributed by atoms with Crippen LogP contribution in [0, 0.1) is 11.8 Å². The Bertz CT molecular complexity index is 568. The molecule has 0 radical (unpaired) electrons. The van der Waals surface area contributed by atoms with E-state index in [2.05, 4.69) is 11.8 Å². The van der Waals surface area contributed by atoms with Gasteiger partial charge in [0.1, 0.15) is 0 Å². The lowest BCUT2D eigenvalue weighted by Crippen LogP contribution is -2.38. The summed E-state index contributed by atoms with van der Waals surface area (Å²) in [5.41, 5.74) is 6.70. The lowest BCUT2D eigenvalue weighted by Gasteiger charge is -2.27. The summed E-state index contributed by atoms with van der Waals surface area (Å²) in [5.74, 6) is 5.74. The molecule has 0 atom stereocenters. The van der Waals surface area contributed by atoms with Gasteiger partial charge < -0.3 is 10.6 Å². The van der Waals surface area contributed by atoms with Crippen LogP contribution >= 0.6 is 11.6 Å². The number of hydrogen-bond donors (Lipinski definition) is 1. The molecule has 2 rings (SSSR count). The summed E-state index contributed by atoms with van der Waals surface area (Å²) < 4.78 is 0. The molecule has 4 heteroatoms. The Balaban J connectivity index is 2.20. The van der Waals surface area contributed by atoms with E-state index in [-0.39, 0.29) is 5.91 Å². The van der Waals surface area contributed by atoms with Gasteiger partial charge >= 0.3 is 0 Å². The summed E-state index contributed by atoms with van der Waals surface area (Å²) in [4.78, 5) is 14.6. The van der Waals surface area contributed by atoms with Crippen LogP contribution in [-0.2, 0) is 0 Å². The molecule has 1 amide bonds. The van der Waals surface area contributed by atoms with Gasteiger partial charge in [-0.15, -0.1) is 0 Å². The maximum atomic E-state index is 12.7. The zero-order chi connectivity index (χ0) is 15.2. The van der Waals surface area contributed by atoms with Gasteiger partial charge in [-0.05, 0) is 38.0 Å². The first-order valence-corrected chi connectivity index (χ1v) is 7.84. The summed E-state index contributed by atoms with van der Waals surface area (Å²) in [6.07, 6.45) is 4.63. The van der Waals surface area contributed by atoms with Crippen LogP contribution in [0.2, 0.25) is 5.02 Å². The minimum atomic E-state index is 0.0598. The molecule has 0 saturated heterocycles. The highest BCUT2D eigenvalue weighted by molar-refractivity contribution is 6.32. The van der Waals surface area contributed by atoms with Gasteiger partial charge in [-0.25, -0.2) is 0 Å². The largest absolute Gasteiger partial charge is 0.336 e. The van der Waals surface area contributed by atoms with Crippen LogP contribution in [0.1, 0.15) is 48.5 Å². The predicted molar refractivity (Wildman–Crippen MR) is 86.4 cm³/mol. The maximum absolute atomic E-state index is 12.7. The zero-order valence-electron chi connectivity index (χ0n) is 12.4. The quantitative estimate of drug-likeness (QED) is 0.872. The van der Waals surface area contributed by atoms with E-state index in [4.69, 9.17) is 17.3 Å². The molecule has 0 aromatic heterocycles. The number of carbonyl (C=O) groups excluding carboxylic acids is 1. The van der Waals surface area contributed by atoms with Gasteiger partial charge in [-0.3, -0.25) is 4.79 Å². The Morgan fingerprint density at radius 3 is 2.71 bits per heavy atom. The first kappa shape index (κ1) is 15.9. The number of halogens is 1. The van der Waals surface area contributed by atoms with E-state index >= 15 is 0 Å². The SMILES string of the molecule is CCN(C(=O)c1ccc(C#CCN)c(Cl)c1)C1CCCC1. The average Bonchev–Trinajstić information content (AvgIpc) is 3.00. The van der Waals surface area contributed by atoms with Crippen LogP contribution < -0.4 is 5.73 Å². The summed E-state index contributed by atoms with van der Waals surface area (Å²) in [5, 5.41) is 0.504. The van der Waals surface area contributed by atoms with Crippen molar-refractivity contribution in [2.45, 2.75) is 38.6 Å². The number of nitrogens with zero attached hydrogens (tertiary/aromatic N) is 1. The third kappa shape index (κ3) is 3.78. The number of carbonyl (C=O) groups is 1. The van der Waals surface area contributed by atoms with Crippen molar-refractivity contribution >= 4 is 17.5 Å². The highest BCUT2D eigenvalue weighted by Gasteiger charge is 2.26. The Labute approximate surface area is 131 Å². The standard InChI is InChI=1S/C17H21ClN2O/c1-2-20(15-7-3-4-8-15)17(21)14-10-9-13(6-5-11-19)16(18)12-14/h9-10,12,15H,2-4,7-8,11,19H2,1H3. The molecule has 21 heavy (non-hydrogen) atoms. The van der Waals surface area contributed by atoms with Crippen LogP contribution in [0.15, 0.2) is 18.2 Å². The van der Waals surface area contributed by atoms with Gasteiger partial charge in [0.25, 0.3) is 5.91 Å². The van der Waals surface area contributed by atoms with Gasteiger partial charge in [0.15, 0.2) is 0 Å². The minimum absolute atomic E-state index is 0.0598.